The summed E-state index contributed by atoms with van der Waals surface area (Å²) in [6.45, 7) is 1.53. The zero-order chi connectivity index (χ0) is 20.1. The first-order valence-electron chi connectivity index (χ1n) is 9.28. The minimum atomic E-state index is -3.38. The van der Waals surface area contributed by atoms with E-state index in [4.69, 9.17) is 4.74 Å². The van der Waals surface area contributed by atoms with Gasteiger partial charge in [0.25, 0.3) is 5.91 Å². The second-order valence-electron chi connectivity index (χ2n) is 6.90. The third kappa shape index (κ3) is 4.90. The van der Waals surface area contributed by atoms with Crippen molar-refractivity contribution in [3.05, 3.63) is 47.8 Å². The van der Waals surface area contributed by atoms with E-state index in [1.807, 2.05) is 6.20 Å². The zero-order valence-electron chi connectivity index (χ0n) is 16.2. The first-order chi connectivity index (χ1) is 13.4. The van der Waals surface area contributed by atoms with E-state index >= 15 is 0 Å². The van der Waals surface area contributed by atoms with Crippen LogP contribution in [-0.4, -0.2) is 65.8 Å². The van der Waals surface area contributed by atoms with Gasteiger partial charge in [0.1, 0.15) is 5.75 Å². The van der Waals surface area contributed by atoms with Crippen molar-refractivity contribution in [3.63, 3.8) is 0 Å². The fourth-order valence-corrected chi connectivity index (χ4v) is 4.81. The van der Waals surface area contributed by atoms with E-state index in [0.717, 1.165) is 18.4 Å². The SMILES string of the molecule is COc1cccc(C(=O)N(CCS(=O)(=O)N2CCCC2)Cc2cnn(C)c2)c1. The molecule has 0 radical (unpaired) electrons. The molecule has 1 aromatic heterocycles. The number of methoxy groups -OCH3 is 1. The number of aromatic nitrogens is 2. The maximum atomic E-state index is 13.1. The molecule has 1 aliphatic heterocycles. The molecule has 1 amide bonds. The molecule has 152 valence electrons. The Hall–Kier alpha value is -2.39. The average Bonchev–Trinajstić information content (AvgIpc) is 3.37. The van der Waals surface area contributed by atoms with Crippen molar-refractivity contribution in [1.82, 2.24) is 19.0 Å². The number of nitrogens with zero attached hydrogens (tertiary/aromatic N) is 4. The summed E-state index contributed by atoms with van der Waals surface area (Å²) in [5, 5.41) is 4.13. The molecule has 2 heterocycles. The molecular formula is C19H26N4O4S. The number of amides is 1. The van der Waals surface area contributed by atoms with E-state index in [1.165, 1.54) is 4.31 Å². The Labute approximate surface area is 165 Å². The van der Waals surface area contributed by atoms with Crippen LogP contribution < -0.4 is 4.74 Å². The van der Waals surface area contributed by atoms with E-state index in [0.29, 0.717) is 30.9 Å². The molecule has 0 bridgehead atoms. The van der Waals surface area contributed by atoms with Gasteiger partial charge in [0.2, 0.25) is 10.0 Å². The Balaban J connectivity index is 1.78. The number of rotatable bonds is 8. The number of sulfonamides is 1. The molecule has 0 aliphatic carbocycles. The van der Waals surface area contributed by atoms with Crippen molar-refractivity contribution in [2.45, 2.75) is 19.4 Å². The number of ether oxygens (including phenoxy) is 1. The zero-order valence-corrected chi connectivity index (χ0v) is 17.1. The second kappa shape index (κ2) is 8.74. The maximum absolute atomic E-state index is 13.1. The highest BCUT2D eigenvalue weighted by atomic mass is 32.2. The van der Waals surface area contributed by atoms with Gasteiger partial charge in [0.15, 0.2) is 0 Å². The van der Waals surface area contributed by atoms with Crippen molar-refractivity contribution in [2.24, 2.45) is 7.05 Å². The molecular weight excluding hydrogens is 380 g/mol. The molecule has 28 heavy (non-hydrogen) atoms. The van der Waals surface area contributed by atoms with Crippen LogP contribution in [-0.2, 0) is 23.6 Å². The van der Waals surface area contributed by atoms with Crippen LogP contribution in [0, 0.1) is 0 Å². The van der Waals surface area contributed by atoms with E-state index in [1.54, 1.807) is 54.2 Å². The van der Waals surface area contributed by atoms with Gasteiger partial charge in [-0.05, 0) is 31.0 Å². The van der Waals surface area contributed by atoms with E-state index < -0.39 is 10.0 Å². The highest BCUT2D eigenvalue weighted by molar-refractivity contribution is 7.89. The van der Waals surface area contributed by atoms with Crippen LogP contribution in [0.2, 0.25) is 0 Å². The van der Waals surface area contributed by atoms with Crippen LogP contribution >= 0.6 is 0 Å². The number of carbonyl (C=O) groups is 1. The molecule has 1 fully saturated rings. The van der Waals surface area contributed by atoms with Gasteiger partial charge >= 0.3 is 0 Å². The molecule has 3 rings (SSSR count). The summed E-state index contributed by atoms with van der Waals surface area (Å²) < 4.78 is 33.6. The smallest absolute Gasteiger partial charge is 0.254 e. The lowest BCUT2D eigenvalue weighted by Crippen LogP contribution is -2.38. The summed E-state index contributed by atoms with van der Waals surface area (Å²) in [5.41, 5.74) is 1.30. The highest BCUT2D eigenvalue weighted by Gasteiger charge is 2.27. The van der Waals surface area contributed by atoms with E-state index in [-0.39, 0.29) is 18.2 Å². The molecule has 0 atom stereocenters. The minimum Gasteiger partial charge on any atom is -0.497 e. The predicted octanol–water partition coefficient (Wildman–Crippen LogP) is 1.50. The molecule has 0 spiro atoms. The van der Waals surface area contributed by atoms with E-state index in [2.05, 4.69) is 5.10 Å². The van der Waals surface area contributed by atoms with Gasteiger partial charge in [-0.25, -0.2) is 12.7 Å². The number of aryl methyl sites for hydroxylation is 1. The summed E-state index contributed by atoms with van der Waals surface area (Å²) >= 11 is 0. The molecule has 9 heteroatoms. The quantitative estimate of drug-likeness (QED) is 0.663. The van der Waals surface area contributed by atoms with Gasteiger partial charge in [-0.1, -0.05) is 6.07 Å². The molecule has 0 saturated carbocycles. The van der Waals surface area contributed by atoms with Crippen molar-refractivity contribution in [1.29, 1.82) is 0 Å². The van der Waals surface area contributed by atoms with Crippen molar-refractivity contribution in [2.75, 3.05) is 32.5 Å². The highest BCUT2D eigenvalue weighted by Crippen LogP contribution is 2.17. The molecule has 1 aromatic carbocycles. The summed E-state index contributed by atoms with van der Waals surface area (Å²) in [4.78, 5) is 14.7. The largest absolute Gasteiger partial charge is 0.497 e. The van der Waals surface area contributed by atoms with Gasteiger partial charge in [0, 0.05) is 50.6 Å². The van der Waals surface area contributed by atoms with Crippen molar-refractivity contribution >= 4 is 15.9 Å². The number of hydrogen-bond donors (Lipinski definition) is 0. The Morgan fingerprint density at radius 1 is 1.29 bits per heavy atom. The summed E-state index contributed by atoms with van der Waals surface area (Å²) in [5.74, 6) is 0.249. The number of benzene rings is 1. The topological polar surface area (TPSA) is 84.7 Å². The first kappa shape index (κ1) is 20.3. The standard InChI is InChI=1S/C19H26N4O4S/c1-21-14-16(13-20-21)15-22(10-11-28(25,26)23-8-3-4-9-23)19(24)17-6-5-7-18(12-17)27-2/h5-7,12-14H,3-4,8-11,15H2,1-2H3. The average molecular weight is 407 g/mol. The van der Waals surface area contributed by atoms with Crippen molar-refractivity contribution in [3.8, 4) is 5.75 Å². The lowest BCUT2D eigenvalue weighted by Gasteiger charge is -2.24. The lowest BCUT2D eigenvalue weighted by molar-refractivity contribution is 0.0753. The first-order valence-corrected chi connectivity index (χ1v) is 10.9. The van der Waals surface area contributed by atoms with Crippen LogP contribution in [0.3, 0.4) is 0 Å². The molecule has 8 nitrogen and oxygen atoms in total. The Bertz CT molecular complexity index is 920. The van der Waals surface area contributed by atoms with Gasteiger partial charge in [-0.3, -0.25) is 9.48 Å². The van der Waals surface area contributed by atoms with Gasteiger partial charge in [0.05, 0.1) is 19.1 Å². The van der Waals surface area contributed by atoms with E-state index in [9.17, 15) is 13.2 Å². The van der Waals surface area contributed by atoms with Crippen molar-refractivity contribution < 1.29 is 17.9 Å². The molecule has 1 aliphatic rings. The summed E-state index contributed by atoms with van der Waals surface area (Å²) in [7, 11) is -0.0343. The monoisotopic (exact) mass is 406 g/mol. The second-order valence-corrected chi connectivity index (χ2v) is 8.99. The van der Waals surface area contributed by atoms with Gasteiger partial charge in [-0.15, -0.1) is 0 Å². The summed E-state index contributed by atoms with van der Waals surface area (Å²) in [6, 6.07) is 6.87. The lowest BCUT2D eigenvalue weighted by atomic mass is 10.1. The minimum absolute atomic E-state index is 0.0943. The van der Waals surface area contributed by atoms with Crippen LogP contribution in [0.1, 0.15) is 28.8 Å². The van der Waals surface area contributed by atoms with Gasteiger partial charge in [-0.2, -0.15) is 5.10 Å². The fourth-order valence-electron chi connectivity index (χ4n) is 3.29. The van der Waals surface area contributed by atoms with Gasteiger partial charge < -0.3 is 9.64 Å². The number of hydrogen-bond acceptors (Lipinski definition) is 5. The Morgan fingerprint density at radius 2 is 2.04 bits per heavy atom. The molecule has 1 saturated heterocycles. The third-order valence-electron chi connectivity index (χ3n) is 4.81. The van der Waals surface area contributed by atoms with Crippen LogP contribution in [0.5, 0.6) is 5.75 Å². The Kier molecular flexibility index (Phi) is 6.35. The maximum Gasteiger partial charge on any atom is 0.254 e. The predicted molar refractivity (Wildman–Crippen MR) is 106 cm³/mol. The summed E-state index contributed by atoms with van der Waals surface area (Å²) in [6.07, 6.45) is 5.28. The normalized spacial score (nSPS) is 14.9. The molecule has 0 unspecified atom stereocenters. The van der Waals surface area contributed by atoms with Crippen LogP contribution in [0.4, 0.5) is 0 Å². The fraction of sp³-hybridized carbons (Fsp3) is 0.474. The van der Waals surface area contributed by atoms with Crippen LogP contribution in [0.15, 0.2) is 36.7 Å². The van der Waals surface area contributed by atoms with Crippen LogP contribution in [0.25, 0.3) is 0 Å². The molecule has 0 N–H and O–H groups in total. The number of carbonyl (C=O) groups excluding carboxylic acids is 1. The molecule has 2 aromatic rings. The Morgan fingerprint density at radius 3 is 2.68 bits per heavy atom. The third-order valence-corrected chi connectivity index (χ3v) is 6.66.